The summed E-state index contributed by atoms with van der Waals surface area (Å²) in [6.45, 7) is 10.1. The highest BCUT2D eigenvalue weighted by Crippen LogP contribution is 2.34. The van der Waals surface area contributed by atoms with E-state index in [-0.39, 0.29) is 67.0 Å². The first-order valence-electron chi connectivity index (χ1n) is 21.2. The minimum absolute atomic E-state index is 0.156. The van der Waals surface area contributed by atoms with Crippen LogP contribution in [0.4, 0.5) is 0 Å². The van der Waals surface area contributed by atoms with Crippen LogP contribution in [0, 0.1) is 16.2 Å². The van der Waals surface area contributed by atoms with Crippen LogP contribution in [0.2, 0.25) is 0 Å². The van der Waals surface area contributed by atoms with Gasteiger partial charge in [0.1, 0.15) is 0 Å². The van der Waals surface area contributed by atoms with Gasteiger partial charge in [-0.1, -0.05) is 148 Å². The number of rotatable bonds is 8. The number of hydrogen-bond acceptors (Lipinski definition) is 8. The molecule has 3 fully saturated rings. The largest absolute Gasteiger partial charge is 0.478 e. The van der Waals surface area contributed by atoms with Crippen LogP contribution >= 0.6 is 0 Å². The Hall–Kier alpha value is -1.82. The summed E-state index contributed by atoms with van der Waals surface area (Å²) in [5, 5.41) is 71.9. The Morgan fingerprint density at radius 3 is 0.556 bits per heavy atom. The van der Waals surface area contributed by atoms with Crippen molar-refractivity contribution in [3.63, 3.8) is 0 Å². The fourth-order valence-corrected chi connectivity index (χ4v) is 7.13. The van der Waals surface area contributed by atoms with E-state index in [1.54, 1.807) is 0 Å². The van der Waals surface area contributed by atoms with Gasteiger partial charge in [0.2, 0.25) is 0 Å². The van der Waals surface area contributed by atoms with Gasteiger partial charge in [0.05, 0.1) is 39.6 Å². The van der Waals surface area contributed by atoms with Crippen LogP contribution in [0.25, 0.3) is 0 Å². The van der Waals surface area contributed by atoms with Crippen LogP contribution in [0.3, 0.4) is 0 Å². The molecule has 3 aliphatic carbocycles. The lowest BCUT2D eigenvalue weighted by atomic mass is 9.78. The normalized spacial score (nSPS) is 20.7. The minimum Gasteiger partial charge on any atom is -0.478 e. The molecule has 320 valence electrons. The van der Waals surface area contributed by atoms with Gasteiger partial charge in [-0.05, 0) is 52.4 Å². The average molecular weight is 773 g/mol. The van der Waals surface area contributed by atoms with Gasteiger partial charge in [0.25, 0.3) is 0 Å². The zero-order chi connectivity index (χ0) is 41.1. The predicted molar refractivity (Wildman–Crippen MR) is 219 cm³/mol. The van der Waals surface area contributed by atoms with E-state index in [0.717, 1.165) is 38.5 Å². The molecular formula is C44H84O10. The summed E-state index contributed by atoms with van der Waals surface area (Å²) < 4.78 is 0. The Kier molecular flexibility index (Phi) is 34.6. The van der Waals surface area contributed by atoms with E-state index in [2.05, 4.69) is 13.2 Å². The number of carbonyl (C=O) groups is 2. The first kappa shape index (κ1) is 54.3. The van der Waals surface area contributed by atoms with Crippen LogP contribution in [-0.2, 0) is 9.59 Å². The molecule has 0 aromatic carbocycles. The average Bonchev–Trinajstić information content (AvgIpc) is 3.18. The van der Waals surface area contributed by atoms with Crippen molar-refractivity contribution in [1.82, 2.24) is 0 Å². The lowest BCUT2D eigenvalue weighted by Crippen LogP contribution is -2.30. The third-order valence-electron chi connectivity index (χ3n) is 11.5. The van der Waals surface area contributed by atoms with Gasteiger partial charge in [-0.3, -0.25) is 0 Å². The lowest BCUT2D eigenvalue weighted by Gasteiger charge is -2.30. The standard InChI is InChI=1S/3C12H24O2.2C4H6O2/c3*13-10-12(11-14)8-6-4-2-1-3-5-7-9-12;2*1-3(2)4(5)6/h3*13-14H,1-11H2;2*1H2,2H3,(H,5,6). The Morgan fingerprint density at radius 1 is 0.352 bits per heavy atom. The van der Waals surface area contributed by atoms with Crippen LogP contribution in [0.1, 0.15) is 187 Å². The van der Waals surface area contributed by atoms with Crippen molar-refractivity contribution in [1.29, 1.82) is 0 Å². The van der Waals surface area contributed by atoms with E-state index >= 15 is 0 Å². The third kappa shape index (κ3) is 27.7. The van der Waals surface area contributed by atoms with Gasteiger partial charge in [-0.25, -0.2) is 9.59 Å². The lowest BCUT2D eigenvalue weighted by molar-refractivity contribution is -0.133. The van der Waals surface area contributed by atoms with Crippen LogP contribution in [0.5, 0.6) is 0 Å². The number of carboxylic acid groups (broad SMARTS) is 2. The molecular weight excluding hydrogens is 688 g/mol. The second-order valence-corrected chi connectivity index (χ2v) is 16.5. The van der Waals surface area contributed by atoms with Crippen LogP contribution in [0.15, 0.2) is 24.3 Å². The molecule has 3 aliphatic rings. The molecule has 3 rings (SSSR count). The van der Waals surface area contributed by atoms with Crippen molar-refractivity contribution in [3.05, 3.63) is 24.3 Å². The summed E-state index contributed by atoms with van der Waals surface area (Å²) in [5.41, 5.74) is -0.156. The van der Waals surface area contributed by atoms with Crippen molar-refractivity contribution in [2.24, 2.45) is 16.2 Å². The Morgan fingerprint density at radius 2 is 0.463 bits per heavy atom. The summed E-state index contributed by atoms with van der Waals surface area (Å²) in [5.74, 6) is -1.87. The molecule has 0 saturated heterocycles. The van der Waals surface area contributed by atoms with Gasteiger partial charge in [-0.15, -0.1) is 0 Å². The third-order valence-corrected chi connectivity index (χ3v) is 11.5. The molecule has 3 saturated carbocycles. The van der Waals surface area contributed by atoms with E-state index in [9.17, 15) is 40.2 Å². The first-order valence-corrected chi connectivity index (χ1v) is 21.2. The first-order chi connectivity index (χ1) is 25.8. The Bertz CT molecular complexity index is 773. The molecule has 0 spiro atoms. The quantitative estimate of drug-likeness (QED) is 0.111. The van der Waals surface area contributed by atoms with Crippen molar-refractivity contribution < 1.29 is 50.4 Å². The number of aliphatic hydroxyl groups excluding tert-OH is 6. The minimum atomic E-state index is -0.935. The van der Waals surface area contributed by atoms with Gasteiger partial charge in [0.15, 0.2) is 0 Å². The molecule has 0 heterocycles. The SMILES string of the molecule is C=C(C)C(=O)O.C=C(C)C(=O)O.OCC1(CO)CCCCCCCCC1.OCC1(CO)CCCCCCCCC1.OCC1(CO)CCCCCCCCC1. The summed E-state index contributed by atoms with van der Waals surface area (Å²) in [6, 6.07) is 0. The maximum absolute atomic E-state index is 9.60. The summed E-state index contributed by atoms with van der Waals surface area (Å²) in [6.07, 6.45) is 32.7. The smallest absolute Gasteiger partial charge is 0.330 e. The Balaban J connectivity index is 0. The molecule has 0 atom stereocenters. The zero-order valence-electron chi connectivity index (χ0n) is 34.6. The summed E-state index contributed by atoms with van der Waals surface area (Å²) >= 11 is 0. The van der Waals surface area contributed by atoms with Crippen molar-refractivity contribution in [2.75, 3.05) is 39.6 Å². The van der Waals surface area contributed by atoms with Crippen molar-refractivity contribution in [2.45, 2.75) is 187 Å². The maximum atomic E-state index is 9.60. The highest BCUT2D eigenvalue weighted by molar-refractivity contribution is 5.85. The summed E-state index contributed by atoms with van der Waals surface area (Å²) in [7, 11) is 0. The van der Waals surface area contributed by atoms with Crippen molar-refractivity contribution >= 4 is 11.9 Å². The maximum Gasteiger partial charge on any atom is 0.330 e. The molecule has 0 amide bonds. The molecule has 10 heteroatoms. The van der Waals surface area contributed by atoms with E-state index in [1.807, 2.05) is 0 Å². The summed E-state index contributed by atoms with van der Waals surface area (Å²) in [4.78, 5) is 19.2. The van der Waals surface area contributed by atoms with Crippen LogP contribution in [-0.4, -0.2) is 92.4 Å². The monoisotopic (exact) mass is 773 g/mol. The molecule has 0 bridgehead atoms. The van der Waals surface area contributed by atoms with Gasteiger partial charge < -0.3 is 40.9 Å². The predicted octanol–water partition coefficient (Wildman–Crippen LogP) is 8.74. The Labute approximate surface area is 329 Å². The highest BCUT2D eigenvalue weighted by Gasteiger charge is 2.29. The number of hydrogen-bond donors (Lipinski definition) is 8. The van der Waals surface area contributed by atoms with Gasteiger partial charge in [0, 0.05) is 27.4 Å². The number of aliphatic hydroxyl groups is 6. The number of aliphatic carboxylic acids is 2. The van der Waals surface area contributed by atoms with E-state index < -0.39 is 11.9 Å². The van der Waals surface area contributed by atoms with Crippen LogP contribution < -0.4 is 0 Å². The van der Waals surface area contributed by atoms with E-state index in [1.165, 1.54) is 149 Å². The molecule has 0 aliphatic heterocycles. The van der Waals surface area contributed by atoms with E-state index in [0.29, 0.717) is 0 Å². The van der Waals surface area contributed by atoms with E-state index in [4.69, 9.17) is 10.2 Å². The molecule has 8 N–H and O–H groups in total. The topological polar surface area (TPSA) is 196 Å². The molecule has 0 unspecified atom stereocenters. The van der Waals surface area contributed by atoms with Gasteiger partial charge in [-0.2, -0.15) is 0 Å². The molecule has 0 aromatic heterocycles. The zero-order valence-corrected chi connectivity index (χ0v) is 34.6. The molecule has 0 radical (unpaired) electrons. The fourth-order valence-electron chi connectivity index (χ4n) is 7.13. The fraction of sp³-hybridized carbons (Fsp3) is 0.864. The van der Waals surface area contributed by atoms with Crippen molar-refractivity contribution in [3.8, 4) is 0 Å². The van der Waals surface area contributed by atoms with Gasteiger partial charge >= 0.3 is 11.9 Å². The molecule has 54 heavy (non-hydrogen) atoms. The molecule has 0 aromatic rings. The second-order valence-electron chi connectivity index (χ2n) is 16.5. The second kappa shape index (κ2) is 34.4. The molecule has 10 nitrogen and oxygen atoms in total. The number of carboxylic acids is 2. The highest BCUT2D eigenvalue weighted by atomic mass is 16.4.